The quantitative estimate of drug-likeness (QED) is 0.144. The van der Waals surface area contributed by atoms with E-state index in [0.29, 0.717) is 39.5 Å². The summed E-state index contributed by atoms with van der Waals surface area (Å²) in [6.45, 7) is 12.9. The van der Waals surface area contributed by atoms with E-state index in [-0.39, 0.29) is 24.3 Å². The van der Waals surface area contributed by atoms with Gasteiger partial charge in [0, 0.05) is 18.5 Å². The zero-order chi connectivity index (χ0) is 30.4. The van der Waals surface area contributed by atoms with Gasteiger partial charge in [-0.3, -0.25) is 4.52 Å². The first kappa shape index (κ1) is 33.7. The van der Waals surface area contributed by atoms with Gasteiger partial charge >= 0.3 is 0 Å². The SMILES string of the molecule is CCOP(O[C@@H]1C[C@@H](OCc2ccccc2)[C@H](OCc2ccccc2)[C@@H](COCc2ccccc2)O1)N(C(C)C)C(C)C. The Labute approximate surface area is 259 Å². The van der Waals surface area contributed by atoms with Crippen LogP contribution in [0.2, 0.25) is 0 Å². The maximum Gasteiger partial charge on any atom is 0.261 e. The minimum atomic E-state index is -1.35. The van der Waals surface area contributed by atoms with Gasteiger partial charge in [0.05, 0.1) is 39.1 Å². The van der Waals surface area contributed by atoms with E-state index < -0.39 is 20.9 Å². The molecule has 0 N–H and O–H groups in total. The van der Waals surface area contributed by atoms with Crippen molar-refractivity contribution in [3.05, 3.63) is 108 Å². The Kier molecular flexibility index (Phi) is 14.1. The number of benzene rings is 3. The van der Waals surface area contributed by atoms with Gasteiger partial charge in [-0.05, 0) is 51.3 Å². The third-order valence-corrected chi connectivity index (χ3v) is 9.36. The highest BCUT2D eigenvalue weighted by atomic mass is 31.2. The van der Waals surface area contributed by atoms with E-state index in [4.69, 9.17) is 28.0 Å². The summed E-state index contributed by atoms with van der Waals surface area (Å²) >= 11 is 0. The number of ether oxygens (including phenoxy) is 4. The fourth-order valence-electron chi connectivity index (χ4n) is 5.22. The summed E-state index contributed by atoms with van der Waals surface area (Å²) in [7, 11) is -1.35. The van der Waals surface area contributed by atoms with Crippen molar-refractivity contribution in [2.75, 3.05) is 13.2 Å². The molecule has 3 aromatic carbocycles. The van der Waals surface area contributed by atoms with Crippen molar-refractivity contribution < 1.29 is 28.0 Å². The van der Waals surface area contributed by atoms with Crippen molar-refractivity contribution in [2.24, 2.45) is 0 Å². The standard InChI is InChI=1S/C35H48NO6P/c1-6-40-43(36(27(2)3)28(4)5)42-34-22-32(38-24-30-18-12-8-13-19-30)35(39-25-31-20-14-9-15-21-31)33(41-34)26-37-23-29-16-10-7-11-17-29/h7-21,27-28,32-35H,6,22-26H2,1-5H3/t32-,33-,34-,35+,43?/m1/s1. The smallest absolute Gasteiger partial charge is 0.261 e. The third-order valence-electron chi connectivity index (χ3n) is 7.16. The second kappa shape index (κ2) is 17.9. The molecule has 5 atom stereocenters. The lowest BCUT2D eigenvalue weighted by molar-refractivity contribution is -0.259. The summed E-state index contributed by atoms with van der Waals surface area (Å²) in [5, 5.41) is 0. The lowest BCUT2D eigenvalue weighted by Gasteiger charge is -2.43. The molecule has 1 aliphatic rings. The molecule has 3 aromatic rings. The van der Waals surface area contributed by atoms with Gasteiger partial charge in [-0.1, -0.05) is 91.0 Å². The normalized spacial score (nSPS) is 21.5. The third kappa shape index (κ3) is 10.7. The Morgan fingerprint density at radius 2 is 1.26 bits per heavy atom. The summed E-state index contributed by atoms with van der Waals surface area (Å²) in [5.41, 5.74) is 3.30. The summed E-state index contributed by atoms with van der Waals surface area (Å²) in [4.78, 5) is 0. The summed E-state index contributed by atoms with van der Waals surface area (Å²) < 4.78 is 41.2. The minimum Gasteiger partial charge on any atom is -0.374 e. The van der Waals surface area contributed by atoms with Gasteiger partial charge in [0.25, 0.3) is 8.53 Å². The van der Waals surface area contributed by atoms with Gasteiger partial charge < -0.3 is 23.5 Å². The summed E-state index contributed by atoms with van der Waals surface area (Å²) in [6, 6.07) is 31.1. The first-order valence-corrected chi connectivity index (χ1v) is 16.5. The van der Waals surface area contributed by atoms with Gasteiger partial charge in [0.15, 0.2) is 6.29 Å². The van der Waals surface area contributed by atoms with E-state index in [2.05, 4.69) is 68.8 Å². The fraction of sp³-hybridized carbons (Fsp3) is 0.486. The number of hydrogen-bond donors (Lipinski definition) is 0. The van der Waals surface area contributed by atoms with E-state index >= 15 is 0 Å². The van der Waals surface area contributed by atoms with E-state index in [1.54, 1.807) is 0 Å². The molecular weight excluding hydrogens is 561 g/mol. The van der Waals surface area contributed by atoms with Crippen LogP contribution in [-0.4, -0.2) is 54.6 Å². The zero-order valence-electron chi connectivity index (χ0n) is 26.2. The second-order valence-electron chi connectivity index (χ2n) is 11.3. The molecule has 0 amide bonds. The van der Waals surface area contributed by atoms with Crippen LogP contribution in [0, 0.1) is 0 Å². The monoisotopic (exact) mass is 609 g/mol. The Bertz CT molecular complexity index is 1140. The fourth-order valence-corrected chi connectivity index (χ4v) is 6.83. The van der Waals surface area contributed by atoms with Crippen LogP contribution >= 0.6 is 8.53 Å². The van der Waals surface area contributed by atoms with Crippen molar-refractivity contribution >= 4 is 8.53 Å². The lowest BCUT2D eigenvalue weighted by Crippen LogP contribution is -2.53. The average Bonchev–Trinajstić information content (AvgIpc) is 3.01. The summed E-state index contributed by atoms with van der Waals surface area (Å²) in [6.07, 6.45) is -1.07. The van der Waals surface area contributed by atoms with Crippen LogP contribution in [0.3, 0.4) is 0 Å². The predicted octanol–water partition coefficient (Wildman–Crippen LogP) is 7.89. The molecule has 0 saturated carbocycles. The first-order valence-electron chi connectivity index (χ1n) is 15.4. The van der Waals surface area contributed by atoms with Crippen LogP contribution in [0.15, 0.2) is 91.0 Å². The zero-order valence-corrected chi connectivity index (χ0v) is 27.1. The number of hydrogen-bond acceptors (Lipinski definition) is 7. The highest BCUT2D eigenvalue weighted by Gasteiger charge is 2.43. The van der Waals surface area contributed by atoms with Gasteiger partial charge in [-0.2, -0.15) is 0 Å². The first-order chi connectivity index (χ1) is 20.9. The largest absolute Gasteiger partial charge is 0.374 e. The molecule has 1 fully saturated rings. The summed E-state index contributed by atoms with van der Waals surface area (Å²) in [5.74, 6) is 0. The maximum atomic E-state index is 6.66. The van der Waals surface area contributed by atoms with Crippen LogP contribution in [0.5, 0.6) is 0 Å². The number of rotatable bonds is 17. The van der Waals surface area contributed by atoms with Crippen LogP contribution < -0.4 is 0 Å². The van der Waals surface area contributed by atoms with Crippen LogP contribution in [-0.2, 0) is 47.8 Å². The predicted molar refractivity (Wildman–Crippen MR) is 171 cm³/mol. The molecule has 1 heterocycles. The van der Waals surface area contributed by atoms with Gasteiger partial charge in [-0.15, -0.1) is 0 Å². The maximum absolute atomic E-state index is 6.66. The van der Waals surface area contributed by atoms with E-state index in [0.717, 1.165) is 16.7 Å². The molecule has 234 valence electrons. The molecule has 43 heavy (non-hydrogen) atoms. The minimum absolute atomic E-state index is 0.248. The van der Waals surface area contributed by atoms with Crippen molar-refractivity contribution in [3.8, 4) is 0 Å². The molecule has 0 radical (unpaired) electrons. The average molecular weight is 610 g/mol. The van der Waals surface area contributed by atoms with E-state index in [1.165, 1.54) is 0 Å². The lowest BCUT2D eigenvalue weighted by atomic mass is 10.0. The molecule has 8 heteroatoms. The molecular formula is C35H48NO6P. The molecule has 1 saturated heterocycles. The molecule has 0 aliphatic carbocycles. The highest BCUT2D eigenvalue weighted by Crippen LogP contribution is 2.48. The van der Waals surface area contributed by atoms with Crippen molar-refractivity contribution in [1.29, 1.82) is 0 Å². The molecule has 0 aromatic heterocycles. The molecule has 7 nitrogen and oxygen atoms in total. The molecule has 0 bridgehead atoms. The Morgan fingerprint density at radius 1 is 0.744 bits per heavy atom. The van der Waals surface area contributed by atoms with Crippen LogP contribution in [0.1, 0.15) is 57.7 Å². The molecule has 1 unspecified atom stereocenters. The Hall–Kier alpha value is -2.19. The highest BCUT2D eigenvalue weighted by molar-refractivity contribution is 7.44. The van der Waals surface area contributed by atoms with Crippen molar-refractivity contribution in [3.63, 3.8) is 0 Å². The molecule has 4 rings (SSSR count). The van der Waals surface area contributed by atoms with E-state index in [1.807, 2.05) is 61.5 Å². The Morgan fingerprint density at radius 3 is 1.77 bits per heavy atom. The van der Waals surface area contributed by atoms with Gasteiger partial charge in [-0.25, -0.2) is 4.67 Å². The van der Waals surface area contributed by atoms with Gasteiger partial charge in [0.1, 0.15) is 12.2 Å². The second-order valence-corrected chi connectivity index (χ2v) is 12.7. The van der Waals surface area contributed by atoms with Crippen molar-refractivity contribution in [2.45, 2.75) is 97.5 Å². The van der Waals surface area contributed by atoms with Crippen LogP contribution in [0.4, 0.5) is 0 Å². The number of nitrogens with zero attached hydrogens (tertiary/aromatic N) is 1. The van der Waals surface area contributed by atoms with E-state index in [9.17, 15) is 0 Å². The Balaban J connectivity index is 1.56. The molecule has 1 aliphatic heterocycles. The van der Waals surface area contributed by atoms with Crippen molar-refractivity contribution in [1.82, 2.24) is 4.67 Å². The topological polar surface area (TPSA) is 58.6 Å². The molecule has 0 spiro atoms. The van der Waals surface area contributed by atoms with Gasteiger partial charge in [0.2, 0.25) is 0 Å². The van der Waals surface area contributed by atoms with Crippen LogP contribution in [0.25, 0.3) is 0 Å².